The Morgan fingerprint density at radius 1 is 1.15 bits per heavy atom. The molecule has 1 amide bonds. The van der Waals surface area contributed by atoms with E-state index >= 15 is 0 Å². The van der Waals surface area contributed by atoms with Crippen molar-refractivity contribution in [3.63, 3.8) is 0 Å². The zero-order valence-corrected chi connectivity index (χ0v) is 14.3. The lowest BCUT2D eigenvalue weighted by Gasteiger charge is -2.23. The number of rotatable bonds is 1. The number of nitrogens with zero attached hydrogens (tertiary/aromatic N) is 1. The van der Waals surface area contributed by atoms with Crippen LogP contribution in [-0.2, 0) is 9.53 Å². The molecule has 1 N–H and O–H groups in total. The second kappa shape index (κ2) is 5.57. The summed E-state index contributed by atoms with van der Waals surface area (Å²) in [5.41, 5.74) is 3.24. The van der Waals surface area contributed by atoms with Crippen LogP contribution in [0.1, 0.15) is 30.5 Å². The van der Waals surface area contributed by atoms with Crippen molar-refractivity contribution in [1.82, 2.24) is 0 Å². The van der Waals surface area contributed by atoms with E-state index in [2.05, 4.69) is 11.4 Å². The Hall–Kier alpha value is -3.39. The van der Waals surface area contributed by atoms with Gasteiger partial charge in [-0.3, -0.25) is 4.79 Å². The molecule has 0 atom stereocenters. The van der Waals surface area contributed by atoms with Crippen molar-refractivity contribution >= 4 is 22.7 Å². The molecule has 0 unspecified atom stereocenters. The molecule has 4 rings (SSSR count). The highest BCUT2D eigenvalue weighted by Gasteiger charge is 2.37. The van der Waals surface area contributed by atoms with E-state index in [0.717, 1.165) is 11.1 Å². The molecule has 2 aromatic carbocycles. The van der Waals surface area contributed by atoms with Crippen LogP contribution in [0.4, 0.5) is 10.1 Å². The molecule has 0 radical (unpaired) electrons. The molecule has 5 heteroatoms. The number of benzene rings is 2. The Morgan fingerprint density at radius 3 is 2.58 bits per heavy atom. The number of halogens is 1. The highest BCUT2D eigenvalue weighted by molar-refractivity contribution is 6.32. The predicted molar refractivity (Wildman–Crippen MR) is 96.2 cm³/mol. The number of hydrogen-bond acceptors (Lipinski definition) is 3. The molecule has 2 aromatic rings. The molecule has 4 nitrogen and oxygen atoms in total. The van der Waals surface area contributed by atoms with Crippen LogP contribution in [0.2, 0.25) is 0 Å². The van der Waals surface area contributed by atoms with E-state index in [0.29, 0.717) is 28.1 Å². The van der Waals surface area contributed by atoms with E-state index in [1.165, 1.54) is 12.1 Å². The predicted octanol–water partition coefficient (Wildman–Crippen LogP) is 4.25. The van der Waals surface area contributed by atoms with E-state index in [4.69, 9.17) is 10.00 Å². The third-order valence-corrected chi connectivity index (χ3v) is 4.59. The van der Waals surface area contributed by atoms with Crippen LogP contribution in [0.5, 0.6) is 0 Å². The largest absolute Gasteiger partial charge is 0.482 e. The minimum Gasteiger partial charge on any atom is -0.482 e. The zero-order valence-electron chi connectivity index (χ0n) is 14.3. The van der Waals surface area contributed by atoms with Crippen molar-refractivity contribution in [2.75, 3.05) is 5.32 Å². The molecule has 26 heavy (non-hydrogen) atoms. The molecule has 2 aliphatic rings. The van der Waals surface area contributed by atoms with Gasteiger partial charge in [0.1, 0.15) is 17.2 Å². The first-order valence-corrected chi connectivity index (χ1v) is 8.16. The molecule has 2 aliphatic heterocycles. The summed E-state index contributed by atoms with van der Waals surface area (Å²) in [6.07, 6.45) is 1.84. The number of hydrogen-bond donors (Lipinski definition) is 1. The highest BCUT2D eigenvalue weighted by Crippen LogP contribution is 2.44. The van der Waals surface area contributed by atoms with E-state index in [-0.39, 0.29) is 5.91 Å². The maximum Gasteiger partial charge on any atom is 0.260 e. The maximum atomic E-state index is 13.4. The summed E-state index contributed by atoms with van der Waals surface area (Å²) in [5.74, 6) is -0.261. The third-order valence-electron chi connectivity index (χ3n) is 4.59. The number of nitriles is 1. The number of ether oxygens (including phenoxy) is 1. The third kappa shape index (κ3) is 2.47. The molecule has 2 heterocycles. The molecule has 0 spiro atoms. The number of carbonyl (C=O) groups excluding carboxylic acids is 1. The van der Waals surface area contributed by atoms with Gasteiger partial charge < -0.3 is 10.1 Å². The lowest BCUT2D eigenvalue weighted by atomic mass is 9.92. The van der Waals surface area contributed by atoms with Crippen molar-refractivity contribution < 1.29 is 13.9 Å². The first kappa shape index (κ1) is 16.1. The Bertz CT molecular complexity index is 1040. The van der Waals surface area contributed by atoms with Crippen LogP contribution >= 0.6 is 0 Å². The Morgan fingerprint density at radius 2 is 1.88 bits per heavy atom. The fraction of sp³-hybridized carbons (Fsp3) is 0.143. The summed E-state index contributed by atoms with van der Waals surface area (Å²) >= 11 is 0. The average Bonchev–Trinajstić information content (AvgIpc) is 3.09. The van der Waals surface area contributed by atoms with E-state index in [1.54, 1.807) is 18.2 Å². The van der Waals surface area contributed by atoms with Gasteiger partial charge in [0.05, 0.1) is 22.9 Å². The summed E-state index contributed by atoms with van der Waals surface area (Å²) < 4.78 is 19.5. The quantitative estimate of drug-likeness (QED) is 0.785. The van der Waals surface area contributed by atoms with Crippen LogP contribution in [-0.4, -0.2) is 11.5 Å². The van der Waals surface area contributed by atoms with Crippen LogP contribution in [0.3, 0.4) is 0 Å². The minimum absolute atomic E-state index is 0.311. The fourth-order valence-corrected chi connectivity index (χ4v) is 3.33. The number of nitrogens with one attached hydrogen (secondary N) is 1. The summed E-state index contributed by atoms with van der Waals surface area (Å²) in [7, 11) is 0. The second-order valence-electron chi connectivity index (χ2n) is 6.74. The molecule has 0 saturated carbocycles. The Kier molecular flexibility index (Phi) is 3.45. The smallest absolute Gasteiger partial charge is 0.260 e. The highest BCUT2D eigenvalue weighted by atomic mass is 19.1. The van der Waals surface area contributed by atoms with Gasteiger partial charge in [-0.15, -0.1) is 0 Å². The van der Waals surface area contributed by atoms with E-state index in [1.807, 2.05) is 32.1 Å². The summed E-state index contributed by atoms with van der Waals surface area (Å²) in [4.78, 5) is 12.4. The lowest BCUT2D eigenvalue weighted by Crippen LogP contribution is -2.21. The molecule has 0 bridgehead atoms. The average molecular weight is 346 g/mol. The van der Waals surface area contributed by atoms with Gasteiger partial charge in [-0.1, -0.05) is 12.1 Å². The number of fused-ring (bicyclic) bond motifs is 1. The minimum atomic E-state index is -0.639. The summed E-state index contributed by atoms with van der Waals surface area (Å²) in [6.45, 7) is 3.84. The topological polar surface area (TPSA) is 62.1 Å². The van der Waals surface area contributed by atoms with Crippen molar-refractivity contribution in [2.45, 2.75) is 19.4 Å². The van der Waals surface area contributed by atoms with Crippen LogP contribution in [0.25, 0.3) is 11.1 Å². The number of allylic oxidation sites excluding steroid dienone is 1. The maximum absolute atomic E-state index is 13.4. The first-order valence-electron chi connectivity index (χ1n) is 8.16. The van der Waals surface area contributed by atoms with Gasteiger partial charge >= 0.3 is 0 Å². The standard InChI is InChI=1S/C21H15FN2O2/c1-21(2)16(13-5-3-12(11-23)4-6-13)10-18(26-21)19-15-8-7-14(22)9-17(15)24-20(19)25/h3-10H,1-2H3,(H,24,25). The van der Waals surface area contributed by atoms with E-state index in [9.17, 15) is 9.18 Å². The van der Waals surface area contributed by atoms with Gasteiger partial charge in [-0.05, 0) is 55.8 Å². The second-order valence-corrected chi connectivity index (χ2v) is 6.74. The number of carbonyl (C=O) groups is 1. The summed E-state index contributed by atoms with van der Waals surface area (Å²) in [5, 5.41) is 11.6. The molecule has 0 saturated heterocycles. The zero-order chi connectivity index (χ0) is 18.5. The Labute approximate surface area is 150 Å². The van der Waals surface area contributed by atoms with Crippen molar-refractivity contribution in [1.29, 1.82) is 5.26 Å². The van der Waals surface area contributed by atoms with Crippen molar-refractivity contribution in [3.05, 3.63) is 76.8 Å². The molecular weight excluding hydrogens is 331 g/mol. The molecule has 0 aliphatic carbocycles. The van der Waals surface area contributed by atoms with Crippen LogP contribution in [0.15, 0.2) is 54.3 Å². The Balaban J connectivity index is 1.84. The van der Waals surface area contributed by atoms with Gasteiger partial charge in [-0.2, -0.15) is 5.26 Å². The molecule has 128 valence electrons. The monoisotopic (exact) mass is 346 g/mol. The fourth-order valence-electron chi connectivity index (χ4n) is 3.33. The van der Waals surface area contributed by atoms with Gasteiger partial charge in [0.2, 0.25) is 0 Å². The summed E-state index contributed by atoms with van der Waals surface area (Å²) in [6, 6.07) is 13.5. The molecule has 0 fully saturated rings. The van der Waals surface area contributed by atoms with E-state index < -0.39 is 11.4 Å². The van der Waals surface area contributed by atoms with Gasteiger partial charge in [0.25, 0.3) is 5.91 Å². The van der Waals surface area contributed by atoms with Gasteiger partial charge in [0, 0.05) is 11.1 Å². The van der Waals surface area contributed by atoms with Crippen LogP contribution < -0.4 is 5.32 Å². The normalized spacial score (nSPS) is 20.1. The number of amides is 1. The van der Waals surface area contributed by atoms with Crippen molar-refractivity contribution in [2.24, 2.45) is 0 Å². The van der Waals surface area contributed by atoms with Gasteiger partial charge in [0.15, 0.2) is 0 Å². The number of anilines is 1. The van der Waals surface area contributed by atoms with Gasteiger partial charge in [-0.25, -0.2) is 4.39 Å². The van der Waals surface area contributed by atoms with Crippen LogP contribution in [0, 0.1) is 17.1 Å². The molecule has 0 aromatic heterocycles. The SMILES string of the molecule is CC1(C)OC(=C2C(=O)Nc3cc(F)ccc32)C=C1c1ccc(C#N)cc1. The lowest BCUT2D eigenvalue weighted by molar-refractivity contribution is -0.111. The van der Waals surface area contributed by atoms with Crippen molar-refractivity contribution in [3.8, 4) is 6.07 Å². The molecular formula is C21H15FN2O2. The first-order chi connectivity index (χ1) is 12.4.